The molecule has 0 aromatic heterocycles. The fourth-order valence-electron chi connectivity index (χ4n) is 0. The summed E-state index contributed by atoms with van der Waals surface area (Å²) in [5.41, 5.74) is 0. The number of rotatable bonds is 0. The monoisotopic (exact) mass is 309 g/mol. The Balaban J connectivity index is -0.000000000444. The van der Waals surface area contributed by atoms with E-state index in [9.17, 15) is 0 Å². The van der Waals surface area contributed by atoms with Gasteiger partial charge >= 0.3 is 18.6 Å². The van der Waals surface area contributed by atoms with E-state index in [1.165, 1.54) is 0 Å². The Labute approximate surface area is 130 Å². The van der Waals surface area contributed by atoms with Crippen LogP contribution in [0.2, 0.25) is 0 Å². The average molecular weight is 309 g/mol. The molecule has 13 heavy (non-hydrogen) atoms. The second kappa shape index (κ2) is 305. The van der Waals surface area contributed by atoms with Gasteiger partial charge < -0.3 is 27.7 Å². The molecule has 90 valence electrons. The van der Waals surface area contributed by atoms with E-state index in [0.29, 0.717) is 0 Å². The zero-order valence-electron chi connectivity index (χ0n) is 4.15. The Hall–Kier alpha value is 1.69. The molecule has 2 heteroatoms. The number of hydrogen-bond donors (Lipinski definition) is 0. The summed E-state index contributed by atoms with van der Waals surface area (Å²) in [5, 5.41) is 0. The van der Waals surface area contributed by atoms with Gasteiger partial charge in [0.05, 0.1) is 0 Å². The van der Waals surface area contributed by atoms with Gasteiger partial charge in [-0.3, -0.25) is 0 Å². The largest absolute Gasteiger partial charge is 2.00 e. The molecule has 0 N–H and O–H groups in total. The molecule has 0 aliphatic rings. The quantitative estimate of drug-likeness (QED) is 0.486. The summed E-state index contributed by atoms with van der Waals surface area (Å²) in [5.74, 6) is 0. The zero-order valence-corrected chi connectivity index (χ0v) is 8.38. The maximum Gasteiger partial charge on any atom is 2.00 e. The summed E-state index contributed by atoms with van der Waals surface area (Å²) in [6.07, 6.45) is 0.750. The minimum absolute atomic E-state index is 0. The second-order valence-electron chi connectivity index (χ2n) is 0.354. The van der Waals surface area contributed by atoms with Crippen LogP contribution in [-0.4, -0.2) is 0 Å². The fourth-order valence-corrected chi connectivity index (χ4v) is 0. The van der Waals surface area contributed by atoms with Crippen LogP contribution in [0, 0.1) is 21.3 Å². The van der Waals surface area contributed by atoms with E-state index in [4.69, 9.17) is 0 Å². The van der Waals surface area contributed by atoms with Crippen LogP contribution in [0.25, 0.3) is 0 Å². The molecule has 0 unspecified atom stereocenters. The summed E-state index contributed by atoms with van der Waals surface area (Å²) in [4.78, 5) is 0. The van der Waals surface area contributed by atoms with Crippen LogP contribution in [0.4, 0.5) is 0 Å². The van der Waals surface area contributed by atoms with E-state index >= 15 is 0 Å². The molecular formula is C11H37VY-. The van der Waals surface area contributed by atoms with Crippen molar-refractivity contribution in [2.75, 3.05) is 0 Å². The van der Waals surface area contributed by atoms with Crippen molar-refractivity contribution in [3.8, 4) is 0 Å². The molecule has 0 fully saturated rings. The molecular weight excluding hydrogens is 272 g/mol. The maximum absolute atomic E-state index is 3.38. The smallest absolute Gasteiger partial charge is 0.372 e. The summed E-state index contributed by atoms with van der Waals surface area (Å²) >= 11 is 0. The molecule has 0 heterocycles. The van der Waals surface area contributed by atoms with Gasteiger partial charge in [-0.2, -0.15) is 0 Å². The van der Waals surface area contributed by atoms with Crippen LogP contribution in [0.3, 0.4) is 0 Å². The third-order valence-electron chi connectivity index (χ3n) is 0. The molecule has 0 aromatic carbocycles. The van der Waals surface area contributed by atoms with Crippen molar-refractivity contribution in [3.05, 3.63) is 21.3 Å². The maximum atomic E-state index is 3.38. The van der Waals surface area contributed by atoms with Crippen LogP contribution in [0.1, 0.15) is 58.4 Å². The summed E-state index contributed by atoms with van der Waals surface area (Å²) in [6, 6.07) is 0. The summed E-state index contributed by atoms with van der Waals surface area (Å²) < 4.78 is 0. The van der Waals surface area contributed by atoms with Gasteiger partial charge in [0.25, 0.3) is 0 Å². The first-order valence-corrected chi connectivity index (χ1v) is 1.000. The van der Waals surface area contributed by atoms with Crippen molar-refractivity contribution in [2.24, 2.45) is 0 Å². The van der Waals surface area contributed by atoms with Gasteiger partial charge in [-0.15, -0.1) is 0 Å². The molecule has 0 saturated carbocycles. The SMILES string of the molecule is C.C.C.C.C.C.C.[CH2-]C[CH2-].[CH3-].[V+2].[Y]. The van der Waals surface area contributed by atoms with Crippen LogP contribution < -0.4 is 0 Å². The van der Waals surface area contributed by atoms with Crippen molar-refractivity contribution in [3.63, 3.8) is 0 Å². The molecule has 0 spiro atoms. The van der Waals surface area contributed by atoms with Crippen LogP contribution in [0.5, 0.6) is 0 Å². The average Bonchev–Trinajstić information content (AvgIpc) is 0.918. The third kappa shape index (κ3) is 656. The topological polar surface area (TPSA) is 0 Å². The molecule has 2 radical (unpaired) electrons. The second-order valence-corrected chi connectivity index (χ2v) is 0.354. The minimum Gasteiger partial charge on any atom is -0.372 e. The van der Waals surface area contributed by atoms with Crippen molar-refractivity contribution >= 4 is 0 Å². The Morgan fingerprint density at radius 1 is 0.615 bits per heavy atom. The molecule has 0 aromatic rings. The van der Waals surface area contributed by atoms with E-state index in [1.807, 2.05) is 0 Å². The Bertz CT molecular complexity index is 10.1. The van der Waals surface area contributed by atoms with Crippen molar-refractivity contribution in [2.45, 2.75) is 58.4 Å². The molecule has 0 rings (SSSR count). The minimum atomic E-state index is 0. The summed E-state index contributed by atoms with van der Waals surface area (Å²) in [6.45, 7) is 6.75. The molecule has 0 aliphatic heterocycles. The van der Waals surface area contributed by atoms with Gasteiger partial charge in [-0.05, 0) is 0 Å². The van der Waals surface area contributed by atoms with Crippen molar-refractivity contribution in [1.82, 2.24) is 0 Å². The molecule has 0 amide bonds. The van der Waals surface area contributed by atoms with Crippen LogP contribution in [-0.2, 0) is 51.3 Å². The predicted octanol–water partition coefficient (Wildman–Crippen LogP) is 5.94. The summed E-state index contributed by atoms with van der Waals surface area (Å²) in [7, 11) is 0. The van der Waals surface area contributed by atoms with Gasteiger partial charge in [-0.1, -0.05) is 52.0 Å². The molecule has 0 saturated heterocycles. The first kappa shape index (κ1) is 202. The van der Waals surface area contributed by atoms with E-state index < -0.39 is 0 Å². The Morgan fingerprint density at radius 2 is 0.615 bits per heavy atom. The van der Waals surface area contributed by atoms with Crippen LogP contribution in [0.15, 0.2) is 0 Å². The molecule has 0 bridgehead atoms. The van der Waals surface area contributed by atoms with Gasteiger partial charge in [0, 0.05) is 32.7 Å². The van der Waals surface area contributed by atoms with Crippen molar-refractivity contribution in [1.29, 1.82) is 0 Å². The van der Waals surface area contributed by atoms with Crippen molar-refractivity contribution < 1.29 is 51.3 Å². The Kier molecular flexibility index (Phi) is 4750. The molecule has 0 nitrogen and oxygen atoms in total. The standard InChI is InChI=1S/C3H6.7CH4.CH3.V.Y/c1-3-2;;;;;;;;;;/h1-3H2;7*1H4;1H3;;/q-2;;;;;;;;-1;+2;. The molecule has 0 atom stereocenters. The predicted molar refractivity (Wildman–Crippen MR) is 68.9 cm³/mol. The fraction of sp³-hybridized carbons (Fsp3) is 0.727. The molecule has 0 aliphatic carbocycles. The van der Waals surface area contributed by atoms with E-state index in [2.05, 4.69) is 13.8 Å². The van der Waals surface area contributed by atoms with Gasteiger partial charge in [-0.25, -0.2) is 0 Å². The number of hydrogen-bond acceptors (Lipinski definition) is 0. The van der Waals surface area contributed by atoms with E-state index in [0.717, 1.165) is 6.42 Å². The first-order valence-electron chi connectivity index (χ1n) is 1.000. The van der Waals surface area contributed by atoms with Gasteiger partial charge in [0.2, 0.25) is 0 Å². The van der Waals surface area contributed by atoms with Gasteiger partial charge in [0.15, 0.2) is 0 Å². The van der Waals surface area contributed by atoms with E-state index in [-0.39, 0.29) is 111 Å². The van der Waals surface area contributed by atoms with E-state index in [1.54, 1.807) is 0 Å². The first-order chi connectivity index (χ1) is 1.41. The van der Waals surface area contributed by atoms with Gasteiger partial charge in [0.1, 0.15) is 0 Å². The normalized spacial score (nSPS) is 1.38. The Morgan fingerprint density at radius 3 is 0.615 bits per heavy atom. The third-order valence-corrected chi connectivity index (χ3v) is 0. The zero-order chi connectivity index (χ0) is 2.71. The van der Waals surface area contributed by atoms with Crippen LogP contribution >= 0.6 is 0 Å².